The molecule has 0 heterocycles. The standard InChI is InChI=1S/C23H18BrN3O4/c1-15-7-10-19(11-8-15)26-21(28)22(29)27-25-14-17-13-18(24)9-12-20(17)31-23(30)16-5-3-2-4-6-16/h2-14H,1H3,(H,26,28)(H,27,29)/b25-14-. The zero-order valence-electron chi connectivity index (χ0n) is 16.5. The Morgan fingerprint density at radius 1 is 0.935 bits per heavy atom. The number of benzene rings is 3. The quantitative estimate of drug-likeness (QED) is 0.189. The van der Waals surface area contributed by atoms with E-state index in [-0.39, 0.29) is 5.75 Å². The Morgan fingerprint density at radius 3 is 2.35 bits per heavy atom. The number of rotatable bonds is 5. The van der Waals surface area contributed by atoms with Gasteiger partial charge in [-0.15, -0.1) is 0 Å². The van der Waals surface area contributed by atoms with E-state index >= 15 is 0 Å². The molecule has 0 fully saturated rings. The predicted octanol–water partition coefficient (Wildman–Crippen LogP) is 4.07. The fourth-order valence-electron chi connectivity index (χ4n) is 2.48. The SMILES string of the molecule is Cc1ccc(NC(=O)C(=O)N/N=C\c2cc(Br)ccc2OC(=O)c2ccccc2)cc1. The summed E-state index contributed by atoms with van der Waals surface area (Å²) in [6, 6.07) is 20.5. The lowest BCUT2D eigenvalue weighted by Gasteiger charge is -2.08. The Bertz CT molecular complexity index is 1130. The molecule has 3 aromatic rings. The molecule has 156 valence electrons. The monoisotopic (exact) mass is 479 g/mol. The second-order valence-corrected chi connectivity index (χ2v) is 7.37. The number of hydrazone groups is 1. The second-order valence-electron chi connectivity index (χ2n) is 6.46. The molecule has 7 nitrogen and oxygen atoms in total. The number of halogens is 1. The van der Waals surface area contributed by atoms with Crippen LogP contribution in [-0.4, -0.2) is 24.0 Å². The first-order chi connectivity index (χ1) is 14.9. The Morgan fingerprint density at radius 2 is 1.65 bits per heavy atom. The van der Waals surface area contributed by atoms with Gasteiger partial charge in [-0.2, -0.15) is 5.10 Å². The van der Waals surface area contributed by atoms with Crippen LogP contribution in [0.15, 0.2) is 82.4 Å². The van der Waals surface area contributed by atoms with E-state index in [4.69, 9.17) is 4.74 Å². The number of carbonyl (C=O) groups is 3. The Labute approximate surface area is 187 Å². The molecule has 0 atom stereocenters. The number of amides is 2. The first-order valence-electron chi connectivity index (χ1n) is 9.20. The summed E-state index contributed by atoms with van der Waals surface area (Å²) in [6.07, 6.45) is 1.29. The van der Waals surface area contributed by atoms with E-state index in [2.05, 4.69) is 31.8 Å². The van der Waals surface area contributed by atoms with Gasteiger partial charge >= 0.3 is 17.8 Å². The zero-order chi connectivity index (χ0) is 22.2. The van der Waals surface area contributed by atoms with Crippen LogP contribution in [0.1, 0.15) is 21.5 Å². The number of ether oxygens (including phenoxy) is 1. The van der Waals surface area contributed by atoms with Crippen molar-refractivity contribution in [2.24, 2.45) is 5.10 Å². The van der Waals surface area contributed by atoms with Crippen molar-refractivity contribution in [3.8, 4) is 5.75 Å². The lowest BCUT2D eigenvalue weighted by molar-refractivity contribution is -0.136. The van der Waals surface area contributed by atoms with Crippen LogP contribution in [0.3, 0.4) is 0 Å². The summed E-state index contributed by atoms with van der Waals surface area (Å²) < 4.78 is 6.16. The van der Waals surface area contributed by atoms with Gasteiger partial charge in [-0.3, -0.25) is 9.59 Å². The van der Waals surface area contributed by atoms with Crippen LogP contribution < -0.4 is 15.5 Å². The fourth-order valence-corrected chi connectivity index (χ4v) is 2.86. The molecule has 2 amide bonds. The van der Waals surface area contributed by atoms with Gasteiger partial charge in [0.1, 0.15) is 5.75 Å². The number of anilines is 1. The van der Waals surface area contributed by atoms with E-state index in [1.54, 1.807) is 60.7 Å². The third-order valence-electron chi connectivity index (χ3n) is 4.07. The van der Waals surface area contributed by atoms with Crippen molar-refractivity contribution < 1.29 is 19.1 Å². The highest BCUT2D eigenvalue weighted by molar-refractivity contribution is 9.10. The van der Waals surface area contributed by atoms with Gasteiger partial charge in [0, 0.05) is 15.7 Å². The minimum absolute atomic E-state index is 0.249. The Hall–Kier alpha value is -3.78. The van der Waals surface area contributed by atoms with Crippen molar-refractivity contribution in [3.05, 3.63) is 94.0 Å². The van der Waals surface area contributed by atoms with Gasteiger partial charge in [-0.05, 0) is 49.4 Å². The highest BCUT2D eigenvalue weighted by Gasteiger charge is 2.14. The first kappa shape index (κ1) is 21.9. The molecule has 3 rings (SSSR count). The molecule has 0 aliphatic heterocycles. The molecule has 0 bridgehead atoms. The average Bonchev–Trinajstić information content (AvgIpc) is 2.77. The maximum Gasteiger partial charge on any atom is 0.343 e. The van der Waals surface area contributed by atoms with E-state index in [0.29, 0.717) is 16.8 Å². The first-order valence-corrected chi connectivity index (χ1v) is 9.99. The largest absolute Gasteiger partial charge is 0.422 e. The topological polar surface area (TPSA) is 96.9 Å². The smallest absolute Gasteiger partial charge is 0.343 e. The van der Waals surface area contributed by atoms with E-state index in [0.717, 1.165) is 10.0 Å². The highest BCUT2D eigenvalue weighted by Crippen LogP contribution is 2.23. The number of hydrogen-bond acceptors (Lipinski definition) is 5. The van der Waals surface area contributed by atoms with Crippen molar-refractivity contribution in [2.75, 3.05) is 5.32 Å². The average molecular weight is 480 g/mol. The molecule has 2 N–H and O–H groups in total. The molecule has 0 spiro atoms. The fraction of sp³-hybridized carbons (Fsp3) is 0.0435. The van der Waals surface area contributed by atoms with Crippen molar-refractivity contribution >= 4 is 45.6 Å². The summed E-state index contributed by atoms with van der Waals surface area (Å²) >= 11 is 3.34. The van der Waals surface area contributed by atoms with Crippen LogP contribution >= 0.6 is 15.9 Å². The molecular weight excluding hydrogens is 462 g/mol. The normalized spacial score (nSPS) is 10.5. The lowest BCUT2D eigenvalue weighted by Crippen LogP contribution is -2.32. The summed E-state index contributed by atoms with van der Waals surface area (Å²) in [5, 5.41) is 6.28. The van der Waals surface area contributed by atoms with E-state index in [1.807, 2.05) is 19.1 Å². The summed E-state index contributed by atoms with van der Waals surface area (Å²) in [4.78, 5) is 36.3. The van der Waals surface area contributed by atoms with Gasteiger partial charge in [0.2, 0.25) is 0 Å². The predicted molar refractivity (Wildman–Crippen MR) is 121 cm³/mol. The van der Waals surface area contributed by atoms with Crippen LogP contribution in [0.2, 0.25) is 0 Å². The molecule has 0 saturated heterocycles. The van der Waals surface area contributed by atoms with Gasteiger partial charge in [-0.1, -0.05) is 51.8 Å². The molecule has 8 heteroatoms. The number of nitrogens with zero attached hydrogens (tertiary/aromatic N) is 1. The molecule has 0 aromatic heterocycles. The minimum atomic E-state index is -0.936. The maximum absolute atomic E-state index is 12.3. The molecule has 3 aromatic carbocycles. The van der Waals surface area contributed by atoms with Gasteiger partial charge in [0.25, 0.3) is 0 Å². The van der Waals surface area contributed by atoms with E-state index in [1.165, 1.54) is 6.21 Å². The van der Waals surface area contributed by atoms with Gasteiger partial charge in [0.05, 0.1) is 11.8 Å². The van der Waals surface area contributed by atoms with E-state index in [9.17, 15) is 14.4 Å². The highest BCUT2D eigenvalue weighted by atomic mass is 79.9. The molecule has 0 radical (unpaired) electrons. The maximum atomic E-state index is 12.3. The van der Waals surface area contributed by atoms with Gasteiger partial charge in [-0.25, -0.2) is 10.2 Å². The van der Waals surface area contributed by atoms with Crippen LogP contribution in [0.25, 0.3) is 0 Å². The van der Waals surface area contributed by atoms with Crippen LogP contribution in [0.4, 0.5) is 5.69 Å². The number of hydrogen-bond donors (Lipinski definition) is 2. The number of carbonyl (C=O) groups excluding carboxylic acids is 3. The van der Waals surface area contributed by atoms with Crippen molar-refractivity contribution in [2.45, 2.75) is 6.92 Å². The summed E-state index contributed by atoms with van der Waals surface area (Å²) in [5.41, 5.74) is 4.51. The Kier molecular flexibility index (Phi) is 7.29. The lowest BCUT2D eigenvalue weighted by atomic mass is 10.2. The van der Waals surface area contributed by atoms with Gasteiger partial charge < -0.3 is 10.1 Å². The van der Waals surface area contributed by atoms with Crippen molar-refractivity contribution in [1.82, 2.24) is 5.43 Å². The second kappa shape index (κ2) is 10.3. The summed E-state index contributed by atoms with van der Waals surface area (Å²) in [7, 11) is 0. The van der Waals surface area contributed by atoms with Gasteiger partial charge in [0.15, 0.2) is 0 Å². The van der Waals surface area contributed by atoms with Crippen LogP contribution in [0.5, 0.6) is 5.75 Å². The number of nitrogens with one attached hydrogen (secondary N) is 2. The molecule has 0 aliphatic rings. The minimum Gasteiger partial charge on any atom is -0.422 e. The van der Waals surface area contributed by atoms with Crippen LogP contribution in [-0.2, 0) is 9.59 Å². The van der Waals surface area contributed by atoms with Crippen molar-refractivity contribution in [1.29, 1.82) is 0 Å². The third kappa shape index (κ3) is 6.35. The van der Waals surface area contributed by atoms with E-state index < -0.39 is 17.8 Å². The number of aryl methyl sites for hydroxylation is 1. The summed E-state index contributed by atoms with van der Waals surface area (Å²) in [5.74, 6) is -2.07. The molecule has 0 saturated carbocycles. The zero-order valence-corrected chi connectivity index (χ0v) is 18.0. The van der Waals surface area contributed by atoms with Crippen LogP contribution in [0, 0.1) is 6.92 Å². The third-order valence-corrected chi connectivity index (χ3v) is 4.56. The summed E-state index contributed by atoms with van der Waals surface area (Å²) in [6.45, 7) is 1.92. The molecular formula is C23H18BrN3O4. The molecule has 0 aliphatic carbocycles. The van der Waals surface area contributed by atoms with Crippen molar-refractivity contribution in [3.63, 3.8) is 0 Å². The Balaban J connectivity index is 1.65. The molecule has 0 unspecified atom stereocenters. The molecule has 31 heavy (non-hydrogen) atoms. The number of esters is 1.